The quantitative estimate of drug-likeness (QED) is 0.778. The molecule has 156 valence electrons. The van der Waals surface area contributed by atoms with Crippen LogP contribution in [0.15, 0.2) is 34.5 Å². The highest BCUT2D eigenvalue weighted by molar-refractivity contribution is 7.89. The smallest absolute Gasteiger partial charge is 0.254 e. The van der Waals surface area contributed by atoms with Crippen LogP contribution in [0.25, 0.3) is 0 Å². The molecular formula is C21H26N2O4S2. The predicted octanol–water partition coefficient (Wildman–Crippen LogP) is 3.74. The Bertz CT molecular complexity index is 1010. The first-order valence-corrected chi connectivity index (χ1v) is 12.3. The minimum atomic E-state index is -3.77. The van der Waals surface area contributed by atoms with Gasteiger partial charge < -0.3 is 9.64 Å². The number of hydrogen-bond donors (Lipinski definition) is 1. The molecule has 1 N–H and O–H groups in total. The predicted molar refractivity (Wildman–Crippen MR) is 113 cm³/mol. The minimum Gasteiger partial charge on any atom is -0.495 e. The molecule has 2 aliphatic rings. The van der Waals surface area contributed by atoms with Crippen LogP contribution in [-0.4, -0.2) is 38.9 Å². The number of ether oxygens (including phenoxy) is 1. The fourth-order valence-electron chi connectivity index (χ4n) is 4.30. The van der Waals surface area contributed by atoms with Crippen LogP contribution in [0.5, 0.6) is 5.75 Å². The Balaban J connectivity index is 1.63. The van der Waals surface area contributed by atoms with Gasteiger partial charge in [-0.15, -0.1) is 11.3 Å². The minimum absolute atomic E-state index is 0.0265. The zero-order valence-corrected chi connectivity index (χ0v) is 18.3. The van der Waals surface area contributed by atoms with Gasteiger partial charge in [0.2, 0.25) is 10.0 Å². The van der Waals surface area contributed by atoms with Crippen LogP contribution in [-0.2, 0) is 16.4 Å². The molecule has 0 bridgehead atoms. The molecule has 8 heteroatoms. The van der Waals surface area contributed by atoms with Gasteiger partial charge in [0.05, 0.1) is 13.2 Å². The second-order valence-corrected chi connectivity index (χ2v) is 10.4. The summed E-state index contributed by atoms with van der Waals surface area (Å²) in [6, 6.07) is 6.65. The van der Waals surface area contributed by atoms with Gasteiger partial charge in [-0.25, -0.2) is 13.1 Å². The van der Waals surface area contributed by atoms with E-state index in [1.54, 1.807) is 23.5 Å². The number of sulfonamides is 1. The van der Waals surface area contributed by atoms with Gasteiger partial charge in [0.1, 0.15) is 10.6 Å². The highest BCUT2D eigenvalue weighted by Crippen LogP contribution is 2.34. The molecule has 0 spiro atoms. The Morgan fingerprint density at radius 2 is 2.00 bits per heavy atom. The molecule has 1 atom stereocenters. The van der Waals surface area contributed by atoms with E-state index >= 15 is 0 Å². The number of benzene rings is 1. The van der Waals surface area contributed by atoms with Crippen molar-refractivity contribution >= 4 is 27.3 Å². The first kappa shape index (κ1) is 20.4. The highest BCUT2D eigenvalue weighted by Gasteiger charge is 2.31. The van der Waals surface area contributed by atoms with E-state index in [1.165, 1.54) is 23.6 Å². The topological polar surface area (TPSA) is 75.7 Å². The number of nitrogens with zero attached hydrogens (tertiary/aromatic N) is 1. The van der Waals surface area contributed by atoms with Crippen LogP contribution >= 0.6 is 11.3 Å². The van der Waals surface area contributed by atoms with Crippen molar-refractivity contribution in [3.8, 4) is 5.75 Å². The third-order valence-corrected chi connectivity index (χ3v) is 8.45. The van der Waals surface area contributed by atoms with Gasteiger partial charge in [0.25, 0.3) is 5.91 Å². The summed E-state index contributed by atoms with van der Waals surface area (Å²) in [4.78, 5) is 16.4. The van der Waals surface area contributed by atoms with E-state index in [9.17, 15) is 13.2 Å². The Kier molecular flexibility index (Phi) is 5.68. The number of amides is 1. The molecule has 1 saturated carbocycles. The lowest BCUT2D eigenvalue weighted by atomic mass is 10.0. The van der Waals surface area contributed by atoms with Crippen LogP contribution in [0.3, 0.4) is 0 Å². The summed E-state index contributed by atoms with van der Waals surface area (Å²) in [7, 11) is -2.33. The number of carbonyl (C=O) groups excluding carboxylic acids is 1. The SMILES string of the molecule is COc1ccc(C(=O)N2CCc3sccc3[C@H]2C)cc1S(=O)(=O)NC1CCCC1. The van der Waals surface area contributed by atoms with Crippen molar-refractivity contribution in [1.82, 2.24) is 9.62 Å². The van der Waals surface area contributed by atoms with Crippen LogP contribution in [0.2, 0.25) is 0 Å². The fourth-order valence-corrected chi connectivity index (χ4v) is 6.76. The summed E-state index contributed by atoms with van der Waals surface area (Å²) >= 11 is 1.72. The number of hydrogen-bond acceptors (Lipinski definition) is 5. The van der Waals surface area contributed by atoms with Crippen molar-refractivity contribution in [2.45, 2.75) is 56.0 Å². The largest absolute Gasteiger partial charge is 0.495 e. The molecule has 2 heterocycles. The fraction of sp³-hybridized carbons (Fsp3) is 0.476. The standard InChI is InChI=1S/C21H26N2O4S2/c1-14-17-10-12-28-19(17)9-11-23(14)21(24)15-7-8-18(27-2)20(13-15)29(25,26)22-16-5-3-4-6-16/h7-8,10,12-14,16,22H,3-6,9,11H2,1-2H3/t14-/m1/s1. The maximum atomic E-state index is 13.2. The van der Waals surface area contributed by atoms with Crippen molar-refractivity contribution in [3.05, 3.63) is 45.6 Å². The summed E-state index contributed by atoms with van der Waals surface area (Å²) in [6.45, 7) is 2.65. The summed E-state index contributed by atoms with van der Waals surface area (Å²) < 4.78 is 34.1. The molecule has 2 aromatic rings. The molecule has 1 fully saturated rings. The molecule has 0 unspecified atom stereocenters. The number of methoxy groups -OCH3 is 1. The van der Waals surface area contributed by atoms with Crippen molar-refractivity contribution in [2.75, 3.05) is 13.7 Å². The summed E-state index contributed by atoms with van der Waals surface area (Å²) in [5.74, 6) is 0.0909. The molecule has 4 rings (SSSR count). The second-order valence-electron chi connectivity index (χ2n) is 7.69. The molecule has 6 nitrogen and oxygen atoms in total. The third-order valence-electron chi connectivity index (χ3n) is 5.92. The zero-order valence-electron chi connectivity index (χ0n) is 16.7. The number of thiophene rings is 1. The lowest BCUT2D eigenvalue weighted by molar-refractivity contribution is 0.0679. The number of fused-ring (bicyclic) bond motifs is 1. The molecule has 29 heavy (non-hydrogen) atoms. The van der Waals surface area contributed by atoms with Gasteiger partial charge in [-0.2, -0.15) is 0 Å². The molecule has 1 amide bonds. The second kappa shape index (κ2) is 8.08. The summed E-state index contributed by atoms with van der Waals surface area (Å²) in [5.41, 5.74) is 1.54. The third kappa shape index (κ3) is 3.93. The van der Waals surface area contributed by atoms with E-state index in [1.807, 2.05) is 11.8 Å². The number of carbonyl (C=O) groups is 1. The highest BCUT2D eigenvalue weighted by atomic mass is 32.2. The number of nitrogens with one attached hydrogen (secondary N) is 1. The molecule has 1 aromatic carbocycles. The van der Waals surface area contributed by atoms with E-state index in [-0.39, 0.29) is 28.6 Å². The van der Waals surface area contributed by atoms with Gasteiger partial charge in [0, 0.05) is 23.0 Å². The Labute approximate surface area is 175 Å². The number of rotatable bonds is 5. The normalized spacial score (nSPS) is 19.9. The maximum Gasteiger partial charge on any atom is 0.254 e. The van der Waals surface area contributed by atoms with Crippen molar-refractivity contribution in [1.29, 1.82) is 0 Å². The molecule has 0 radical (unpaired) electrons. The Morgan fingerprint density at radius 1 is 1.24 bits per heavy atom. The van der Waals surface area contributed by atoms with E-state index < -0.39 is 10.0 Å². The van der Waals surface area contributed by atoms with Crippen molar-refractivity contribution < 1.29 is 17.9 Å². The lowest BCUT2D eigenvalue weighted by Gasteiger charge is -2.33. The summed E-state index contributed by atoms with van der Waals surface area (Å²) in [6.07, 6.45) is 4.57. The lowest BCUT2D eigenvalue weighted by Crippen LogP contribution is -2.38. The molecular weight excluding hydrogens is 408 g/mol. The van der Waals surface area contributed by atoms with Gasteiger partial charge in [-0.1, -0.05) is 12.8 Å². The Hall–Kier alpha value is -1.90. The van der Waals surface area contributed by atoms with E-state index in [0.717, 1.165) is 32.1 Å². The monoisotopic (exact) mass is 434 g/mol. The van der Waals surface area contributed by atoms with Crippen LogP contribution in [0.4, 0.5) is 0 Å². The van der Waals surface area contributed by atoms with Crippen molar-refractivity contribution in [3.63, 3.8) is 0 Å². The first-order chi connectivity index (χ1) is 13.9. The zero-order chi connectivity index (χ0) is 20.6. The molecule has 1 aliphatic heterocycles. The van der Waals surface area contributed by atoms with Gasteiger partial charge in [-0.05, 0) is 61.4 Å². The average Bonchev–Trinajstić information content (AvgIpc) is 3.39. The van der Waals surface area contributed by atoms with E-state index in [2.05, 4.69) is 16.2 Å². The Morgan fingerprint density at radius 3 is 2.72 bits per heavy atom. The summed E-state index contributed by atoms with van der Waals surface area (Å²) in [5, 5.41) is 2.06. The molecule has 1 aliphatic carbocycles. The first-order valence-electron chi connectivity index (χ1n) is 9.98. The van der Waals surface area contributed by atoms with Gasteiger partial charge in [0.15, 0.2) is 0 Å². The van der Waals surface area contributed by atoms with Crippen LogP contribution in [0, 0.1) is 0 Å². The molecule has 1 aromatic heterocycles. The van der Waals surface area contributed by atoms with Gasteiger partial charge in [-0.3, -0.25) is 4.79 Å². The van der Waals surface area contributed by atoms with E-state index in [4.69, 9.17) is 4.74 Å². The van der Waals surface area contributed by atoms with Crippen LogP contribution < -0.4 is 9.46 Å². The molecule has 0 saturated heterocycles. The van der Waals surface area contributed by atoms with Gasteiger partial charge >= 0.3 is 0 Å². The average molecular weight is 435 g/mol. The maximum absolute atomic E-state index is 13.2. The van der Waals surface area contributed by atoms with E-state index in [0.29, 0.717) is 12.1 Å². The van der Waals surface area contributed by atoms with Crippen LogP contribution in [0.1, 0.15) is 59.4 Å². The van der Waals surface area contributed by atoms with Crippen molar-refractivity contribution in [2.24, 2.45) is 0 Å².